The molecule has 0 radical (unpaired) electrons. The lowest BCUT2D eigenvalue weighted by Crippen LogP contribution is -2.41. The summed E-state index contributed by atoms with van der Waals surface area (Å²) in [5.74, 6) is 0. The van der Waals surface area contributed by atoms with E-state index in [9.17, 15) is 4.79 Å². The van der Waals surface area contributed by atoms with Crippen LogP contribution in [0, 0.1) is 0 Å². The Labute approximate surface area is 178 Å². The molecule has 0 N–H and O–H groups in total. The van der Waals surface area contributed by atoms with E-state index in [-0.39, 0.29) is 11.1 Å². The van der Waals surface area contributed by atoms with Crippen LogP contribution in [0.2, 0.25) is 36.3 Å². The molecular formula is C20H41IO3Si2. The van der Waals surface area contributed by atoms with Gasteiger partial charge in [0.2, 0.25) is 0 Å². The standard InChI is InChI=1S/C20H41IO3Si2/c1-9-26(10-2,11-3)24-19(18(21)15-16-22)14-12-13-17-23-25(7,8)20(4,5)6/h15-16,19H,9-14,17H2,1-8H3/b18-15-. The second-order valence-corrected chi connectivity index (χ2v) is 19.4. The number of carbonyl (C=O) groups excluding carboxylic acids is 1. The van der Waals surface area contributed by atoms with Gasteiger partial charge in [-0.2, -0.15) is 0 Å². The number of allylic oxidation sites excluding steroid dienone is 1. The van der Waals surface area contributed by atoms with Crippen molar-refractivity contribution in [3.8, 4) is 0 Å². The highest BCUT2D eigenvalue weighted by atomic mass is 127. The first-order chi connectivity index (χ1) is 12.0. The first-order valence-corrected chi connectivity index (χ1v) is 16.6. The summed E-state index contributed by atoms with van der Waals surface area (Å²) < 4.78 is 14.0. The summed E-state index contributed by atoms with van der Waals surface area (Å²) in [5, 5.41) is 0.259. The van der Waals surface area contributed by atoms with Crippen molar-refractivity contribution in [2.45, 2.75) is 103 Å². The van der Waals surface area contributed by atoms with Gasteiger partial charge >= 0.3 is 0 Å². The highest BCUT2D eigenvalue weighted by molar-refractivity contribution is 14.1. The van der Waals surface area contributed by atoms with E-state index in [1.54, 1.807) is 6.08 Å². The molecule has 0 saturated carbocycles. The Kier molecular flexibility index (Phi) is 12.4. The van der Waals surface area contributed by atoms with E-state index in [0.717, 1.165) is 53.9 Å². The molecule has 0 aliphatic rings. The molecule has 6 heteroatoms. The summed E-state index contributed by atoms with van der Waals surface area (Å²) in [6, 6.07) is 3.40. The summed E-state index contributed by atoms with van der Waals surface area (Å²) in [6.45, 7) is 19.0. The zero-order valence-electron chi connectivity index (χ0n) is 18.3. The van der Waals surface area contributed by atoms with Crippen molar-refractivity contribution in [2.24, 2.45) is 0 Å². The third-order valence-corrected chi connectivity index (χ3v) is 16.2. The number of hydrogen-bond donors (Lipinski definition) is 0. The van der Waals surface area contributed by atoms with Crippen LogP contribution in [0.4, 0.5) is 0 Å². The predicted octanol–water partition coefficient (Wildman–Crippen LogP) is 7.09. The average molecular weight is 513 g/mol. The molecular weight excluding hydrogens is 471 g/mol. The minimum absolute atomic E-state index is 0.0696. The molecule has 154 valence electrons. The van der Waals surface area contributed by atoms with Crippen LogP contribution in [0.15, 0.2) is 9.66 Å². The third kappa shape index (κ3) is 8.67. The van der Waals surface area contributed by atoms with Crippen LogP contribution in [0.5, 0.6) is 0 Å². The lowest BCUT2D eigenvalue weighted by atomic mass is 10.1. The van der Waals surface area contributed by atoms with Gasteiger partial charge in [0.05, 0.1) is 6.10 Å². The maximum Gasteiger partial charge on any atom is 0.192 e. The minimum Gasteiger partial charge on any atom is -0.417 e. The van der Waals surface area contributed by atoms with Gasteiger partial charge in [-0.15, -0.1) is 0 Å². The first-order valence-electron chi connectivity index (χ1n) is 10.1. The van der Waals surface area contributed by atoms with Crippen molar-refractivity contribution >= 4 is 45.5 Å². The average Bonchev–Trinajstić information content (AvgIpc) is 2.57. The predicted molar refractivity (Wildman–Crippen MR) is 127 cm³/mol. The largest absolute Gasteiger partial charge is 0.417 e. The summed E-state index contributed by atoms with van der Waals surface area (Å²) >= 11 is 2.28. The normalized spacial score (nSPS) is 15.2. The quantitative estimate of drug-likeness (QED) is 0.0869. The van der Waals surface area contributed by atoms with Crippen LogP contribution in [-0.4, -0.2) is 35.6 Å². The maximum atomic E-state index is 10.9. The van der Waals surface area contributed by atoms with Crippen molar-refractivity contribution < 1.29 is 13.6 Å². The van der Waals surface area contributed by atoms with E-state index >= 15 is 0 Å². The monoisotopic (exact) mass is 512 g/mol. The smallest absolute Gasteiger partial charge is 0.192 e. The third-order valence-electron chi connectivity index (χ3n) is 5.99. The second-order valence-electron chi connectivity index (χ2n) is 8.64. The Balaban J connectivity index is 4.73. The van der Waals surface area contributed by atoms with Crippen molar-refractivity contribution in [1.82, 2.24) is 0 Å². The molecule has 3 nitrogen and oxygen atoms in total. The van der Waals surface area contributed by atoms with Gasteiger partial charge in [0.15, 0.2) is 16.6 Å². The number of carbonyl (C=O) groups is 1. The molecule has 1 atom stereocenters. The Morgan fingerprint density at radius 3 is 2.04 bits per heavy atom. The zero-order chi connectivity index (χ0) is 20.4. The SMILES string of the molecule is CC[Si](CC)(CC)OC(CCCCO[Si](C)(C)C(C)(C)C)/C(I)=C/C=O. The Hall–Kier alpha value is 0.494. The molecule has 0 amide bonds. The number of halogens is 1. The molecule has 0 aromatic carbocycles. The van der Waals surface area contributed by atoms with Crippen molar-refractivity contribution in [3.63, 3.8) is 0 Å². The van der Waals surface area contributed by atoms with Crippen molar-refractivity contribution in [3.05, 3.63) is 9.66 Å². The summed E-state index contributed by atoms with van der Waals surface area (Å²) in [4.78, 5) is 10.9. The van der Waals surface area contributed by atoms with Crippen LogP contribution < -0.4 is 0 Å². The maximum absolute atomic E-state index is 10.9. The van der Waals surface area contributed by atoms with E-state index in [2.05, 4.69) is 77.2 Å². The van der Waals surface area contributed by atoms with Crippen molar-refractivity contribution in [2.75, 3.05) is 6.61 Å². The molecule has 1 unspecified atom stereocenters. The lowest BCUT2D eigenvalue weighted by Gasteiger charge is -2.36. The Morgan fingerprint density at radius 1 is 1.08 bits per heavy atom. The second kappa shape index (κ2) is 12.1. The van der Waals surface area contributed by atoms with Gasteiger partial charge in [-0.3, -0.25) is 4.79 Å². The van der Waals surface area contributed by atoms with E-state index in [0.29, 0.717) is 0 Å². The van der Waals surface area contributed by atoms with Crippen molar-refractivity contribution in [1.29, 1.82) is 0 Å². The molecule has 0 aromatic rings. The molecule has 0 aliphatic heterocycles. The summed E-state index contributed by atoms with van der Waals surface area (Å²) in [7, 11) is -3.34. The van der Waals surface area contributed by atoms with E-state index < -0.39 is 16.6 Å². The number of unbranched alkanes of at least 4 members (excludes halogenated alkanes) is 1. The molecule has 0 spiro atoms. The molecule has 0 heterocycles. The molecule has 0 fully saturated rings. The number of rotatable bonds is 13. The van der Waals surface area contributed by atoms with Gasteiger partial charge in [-0.1, -0.05) is 41.5 Å². The zero-order valence-corrected chi connectivity index (χ0v) is 22.4. The molecule has 0 aromatic heterocycles. The number of hydrogen-bond acceptors (Lipinski definition) is 3. The van der Waals surface area contributed by atoms with Crippen LogP contribution in [0.25, 0.3) is 0 Å². The Morgan fingerprint density at radius 2 is 1.62 bits per heavy atom. The van der Waals surface area contributed by atoms with Gasteiger partial charge in [0, 0.05) is 10.2 Å². The van der Waals surface area contributed by atoms with Crippen LogP contribution in [0.3, 0.4) is 0 Å². The fourth-order valence-corrected chi connectivity index (χ4v) is 7.46. The highest BCUT2D eigenvalue weighted by Crippen LogP contribution is 2.36. The molecule has 0 saturated heterocycles. The van der Waals surface area contributed by atoms with E-state index in [1.165, 1.54) is 0 Å². The van der Waals surface area contributed by atoms with Gasteiger partial charge in [0.25, 0.3) is 0 Å². The van der Waals surface area contributed by atoms with Crippen LogP contribution in [0.1, 0.15) is 60.8 Å². The fourth-order valence-electron chi connectivity index (χ4n) is 2.70. The minimum atomic E-state index is -1.68. The summed E-state index contributed by atoms with van der Waals surface area (Å²) in [6.07, 6.45) is 5.71. The topological polar surface area (TPSA) is 35.5 Å². The first kappa shape index (κ1) is 26.5. The van der Waals surface area contributed by atoms with Gasteiger partial charge in [-0.25, -0.2) is 0 Å². The van der Waals surface area contributed by atoms with Gasteiger partial charge in [-0.05, 0) is 84.2 Å². The Bertz CT molecular complexity index is 433. The van der Waals surface area contributed by atoms with Crippen LogP contribution in [-0.2, 0) is 13.6 Å². The van der Waals surface area contributed by atoms with E-state index in [4.69, 9.17) is 8.85 Å². The highest BCUT2D eigenvalue weighted by Gasteiger charge is 2.37. The lowest BCUT2D eigenvalue weighted by molar-refractivity contribution is -0.104. The molecule has 0 bridgehead atoms. The fraction of sp³-hybridized carbons (Fsp3) is 0.850. The van der Waals surface area contributed by atoms with Gasteiger partial charge < -0.3 is 8.85 Å². The van der Waals surface area contributed by atoms with E-state index in [1.807, 2.05) is 0 Å². The summed E-state index contributed by atoms with van der Waals surface area (Å²) in [5.41, 5.74) is 0. The van der Waals surface area contributed by atoms with Gasteiger partial charge in [0.1, 0.15) is 6.29 Å². The molecule has 0 aliphatic carbocycles. The molecule has 26 heavy (non-hydrogen) atoms. The number of aldehydes is 1. The molecule has 0 rings (SSSR count). The van der Waals surface area contributed by atoms with Crippen LogP contribution >= 0.6 is 22.6 Å².